The van der Waals surface area contributed by atoms with E-state index in [0.717, 1.165) is 21.4 Å². The van der Waals surface area contributed by atoms with E-state index in [9.17, 15) is 0 Å². The van der Waals surface area contributed by atoms with Gasteiger partial charge in [0.15, 0.2) is 0 Å². The van der Waals surface area contributed by atoms with Crippen molar-refractivity contribution < 1.29 is 4.74 Å². The number of aromatic nitrogens is 1. The molecule has 0 unspecified atom stereocenters. The summed E-state index contributed by atoms with van der Waals surface area (Å²) in [7, 11) is 0. The summed E-state index contributed by atoms with van der Waals surface area (Å²) < 4.78 is 6.86. The number of ether oxygens (including phenoxy) is 1. The first-order valence-electron chi connectivity index (χ1n) is 4.60. The second-order valence-electron chi connectivity index (χ2n) is 3.28. The highest BCUT2D eigenvalue weighted by Gasteiger charge is 2.24. The van der Waals surface area contributed by atoms with Gasteiger partial charge in [-0.05, 0) is 41.9 Å². The van der Waals surface area contributed by atoms with E-state index >= 15 is 0 Å². The molecular formula is C10H12INO. The number of aryl methyl sites for hydroxylation is 1. The highest BCUT2D eigenvalue weighted by atomic mass is 127. The fourth-order valence-corrected chi connectivity index (χ4v) is 1.53. The SMILES string of the molecule is CCc1cc(OC2CC2)c(I)cn1. The molecule has 1 aromatic heterocycles. The summed E-state index contributed by atoms with van der Waals surface area (Å²) in [5.74, 6) is 1.01. The summed E-state index contributed by atoms with van der Waals surface area (Å²) in [4.78, 5) is 4.30. The van der Waals surface area contributed by atoms with E-state index in [1.807, 2.05) is 6.20 Å². The molecule has 0 N–H and O–H groups in total. The molecule has 0 saturated heterocycles. The Hall–Kier alpha value is -0.320. The van der Waals surface area contributed by atoms with Crippen LogP contribution in [0.4, 0.5) is 0 Å². The number of hydrogen-bond acceptors (Lipinski definition) is 2. The van der Waals surface area contributed by atoms with Gasteiger partial charge in [0.05, 0.1) is 9.67 Å². The minimum Gasteiger partial charge on any atom is -0.489 e. The molecule has 1 heterocycles. The number of rotatable bonds is 3. The van der Waals surface area contributed by atoms with Crippen molar-refractivity contribution in [2.24, 2.45) is 0 Å². The molecule has 0 spiro atoms. The molecule has 13 heavy (non-hydrogen) atoms. The van der Waals surface area contributed by atoms with Crippen LogP contribution in [0.1, 0.15) is 25.5 Å². The summed E-state index contributed by atoms with van der Waals surface area (Å²) in [6.07, 6.45) is 5.75. The lowest BCUT2D eigenvalue weighted by Gasteiger charge is -2.07. The molecule has 0 bridgehead atoms. The van der Waals surface area contributed by atoms with E-state index < -0.39 is 0 Å². The molecule has 2 nitrogen and oxygen atoms in total. The summed E-state index contributed by atoms with van der Waals surface area (Å²) in [5, 5.41) is 0. The monoisotopic (exact) mass is 289 g/mol. The molecule has 1 saturated carbocycles. The number of hydrogen-bond donors (Lipinski definition) is 0. The minimum atomic E-state index is 0.473. The average Bonchev–Trinajstić information content (AvgIpc) is 2.93. The van der Waals surface area contributed by atoms with Crippen molar-refractivity contribution in [2.75, 3.05) is 0 Å². The van der Waals surface area contributed by atoms with Gasteiger partial charge in [0, 0.05) is 18.0 Å². The van der Waals surface area contributed by atoms with Crippen LogP contribution in [-0.2, 0) is 6.42 Å². The maximum atomic E-state index is 5.75. The normalized spacial score (nSPS) is 15.8. The first kappa shape index (κ1) is 9.24. The van der Waals surface area contributed by atoms with Crippen LogP contribution in [0.2, 0.25) is 0 Å². The van der Waals surface area contributed by atoms with E-state index in [1.54, 1.807) is 0 Å². The van der Waals surface area contributed by atoms with Gasteiger partial charge in [-0.15, -0.1) is 0 Å². The van der Waals surface area contributed by atoms with Crippen molar-refractivity contribution in [3.8, 4) is 5.75 Å². The van der Waals surface area contributed by atoms with Crippen molar-refractivity contribution in [1.29, 1.82) is 0 Å². The zero-order valence-corrected chi connectivity index (χ0v) is 9.74. The van der Waals surface area contributed by atoms with E-state index in [-0.39, 0.29) is 0 Å². The van der Waals surface area contributed by atoms with Crippen molar-refractivity contribution in [2.45, 2.75) is 32.3 Å². The molecule has 1 fully saturated rings. The standard InChI is InChI=1S/C10H12INO/c1-2-7-5-10(9(11)6-12-7)13-8-3-4-8/h5-6,8H,2-4H2,1H3. The third-order valence-electron chi connectivity index (χ3n) is 2.06. The maximum Gasteiger partial charge on any atom is 0.136 e. The van der Waals surface area contributed by atoms with Crippen molar-refractivity contribution in [1.82, 2.24) is 4.98 Å². The van der Waals surface area contributed by atoms with Crippen LogP contribution in [-0.4, -0.2) is 11.1 Å². The zero-order valence-electron chi connectivity index (χ0n) is 7.59. The molecule has 1 aliphatic carbocycles. The zero-order chi connectivity index (χ0) is 9.26. The van der Waals surface area contributed by atoms with Crippen molar-refractivity contribution in [3.05, 3.63) is 21.5 Å². The Labute approximate surface area is 91.8 Å². The van der Waals surface area contributed by atoms with Gasteiger partial charge in [-0.3, -0.25) is 4.98 Å². The van der Waals surface area contributed by atoms with E-state index in [0.29, 0.717) is 6.10 Å². The first-order chi connectivity index (χ1) is 6.29. The summed E-state index contributed by atoms with van der Waals surface area (Å²) in [6, 6.07) is 2.06. The third-order valence-corrected chi connectivity index (χ3v) is 2.87. The van der Waals surface area contributed by atoms with E-state index in [2.05, 4.69) is 40.6 Å². The minimum absolute atomic E-state index is 0.473. The molecule has 70 valence electrons. The smallest absolute Gasteiger partial charge is 0.136 e. The maximum absolute atomic E-state index is 5.75. The lowest BCUT2D eigenvalue weighted by molar-refractivity contribution is 0.300. The van der Waals surface area contributed by atoms with Gasteiger partial charge in [0.25, 0.3) is 0 Å². The van der Waals surface area contributed by atoms with Crippen LogP contribution in [0.15, 0.2) is 12.3 Å². The average molecular weight is 289 g/mol. The Balaban J connectivity index is 2.19. The quantitative estimate of drug-likeness (QED) is 0.798. The first-order valence-corrected chi connectivity index (χ1v) is 5.68. The van der Waals surface area contributed by atoms with Crippen LogP contribution < -0.4 is 4.74 Å². The predicted octanol–water partition coefficient (Wildman–Crippen LogP) is 2.79. The molecule has 0 radical (unpaired) electrons. The van der Waals surface area contributed by atoms with Gasteiger partial charge >= 0.3 is 0 Å². The topological polar surface area (TPSA) is 22.1 Å². The second-order valence-corrected chi connectivity index (χ2v) is 4.44. The Kier molecular flexibility index (Phi) is 2.71. The molecule has 3 heteroatoms. The highest BCUT2D eigenvalue weighted by Crippen LogP contribution is 2.29. The lowest BCUT2D eigenvalue weighted by Crippen LogP contribution is -1.99. The van der Waals surface area contributed by atoms with Gasteiger partial charge in [-0.1, -0.05) is 6.92 Å². The third kappa shape index (κ3) is 2.33. The fourth-order valence-electron chi connectivity index (χ4n) is 1.11. The molecule has 2 rings (SSSR count). The van der Waals surface area contributed by atoms with Crippen molar-refractivity contribution in [3.63, 3.8) is 0 Å². The van der Waals surface area contributed by atoms with Gasteiger partial charge in [-0.2, -0.15) is 0 Å². The van der Waals surface area contributed by atoms with Gasteiger partial charge in [-0.25, -0.2) is 0 Å². The van der Waals surface area contributed by atoms with Crippen LogP contribution in [0.3, 0.4) is 0 Å². The molecule has 0 aromatic carbocycles. The van der Waals surface area contributed by atoms with Gasteiger partial charge < -0.3 is 4.74 Å². The number of pyridine rings is 1. The summed E-state index contributed by atoms with van der Waals surface area (Å²) in [6.45, 7) is 2.11. The Morgan fingerprint density at radius 1 is 1.62 bits per heavy atom. The van der Waals surface area contributed by atoms with Crippen molar-refractivity contribution >= 4 is 22.6 Å². The second kappa shape index (κ2) is 3.82. The number of halogens is 1. The van der Waals surface area contributed by atoms with Crippen LogP contribution in [0.25, 0.3) is 0 Å². The largest absolute Gasteiger partial charge is 0.489 e. The molecule has 1 aliphatic rings. The lowest BCUT2D eigenvalue weighted by atomic mass is 10.3. The Bertz CT molecular complexity index is 310. The van der Waals surface area contributed by atoms with Gasteiger partial charge in [0.2, 0.25) is 0 Å². The van der Waals surface area contributed by atoms with Crippen LogP contribution in [0, 0.1) is 3.57 Å². The van der Waals surface area contributed by atoms with Crippen LogP contribution >= 0.6 is 22.6 Å². The fraction of sp³-hybridized carbons (Fsp3) is 0.500. The Morgan fingerprint density at radius 2 is 2.38 bits per heavy atom. The van der Waals surface area contributed by atoms with Crippen LogP contribution in [0.5, 0.6) is 5.75 Å². The Morgan fingerprint density at radius 3 is 3.00 bits per heavy atom. The number of nitrogens with zero attached hydrogens (tertiary/aromatic N) is 1. The highest BCUT2D eigenvalue weighted by molar-refractivity contribution is 14.1. The molecular weight excluding hydrogens is 277 g/mol. The van der Waals surface area contributed by atoms with E-state index in [4.69, 9.17) is 4.74 Å². The molecule has 0 atom stereocenters. The predicted molar refractivity (Wildman–Crippen MR) is 60.0 cm³/mol. The molecule has 0 amide bonds. The summed E-state index contributed by atoms with van der Waals surface area (Å²) >= 11 is 2.27. The summed E-state index contributed by atoms with van der Waals surface area (Å²) in [5.41, 5.74) is 1.11. The van der Waals surface area contributed by atoms with E-state index in [1.165, 1.54) is 12.8 Å². The molecule has 1 aromatic rings. The molecule has 0 aliphatic heterocycles. The van der Waals surface area contributed by atoms with Gasteiger partial charge in [0.1, 0.15) is 5.75 Å².